The molecule has 2 aromatic carbocycles. The molecule has 0 saturated carbocycles. The maximum Gasteiger partial charge on any atom is 0.273 e. The molecule has 3 rings (SSSR count). The highest BCUT2D eigenvalue weighted by atomic mass is 35.5. The molecule has 1 atom stereocenters. The highest BCUT2D eigenvalue weighted by Gasteiger charge is 2.14. The fraction of sp³-hybridized carbons (Fsp3) is 0.211. The first-order chi connectivity index (χ1) is 12.9. The topological polar surface area (TPSA) is 84.0 Å². The number of benzene rings is 2. The summed E-state index contributed by atoms with van der Waals surface area (Å²) in [4.78, 5) is 36.8. The van der Waals surface area contributed by atoms with Crippen molar-refractivity contribution in [3.63, 3.8) is 0 Å². The van der Waals surface area contributed by atoms with Gasteiger partial charge in [-0.25, -0.2) is 4.68 Å². The van der Waals surface area contributed by atoms with Gasteiger partial charge in [-0.3, -0.25) is 19.5 Å². The number of aryl methyl sites for hydroxylation is 1. The van der Waals surface area contributed by atoms with E-state index in [1.807, 2.05) is 0 Å². The minimum Gasteiger partial charge on any atom is -0.349 e. The smallest absolute Gasteiger partial charge is 0.273 e. The first kappa shape index (κ1) is 19.2. The number of amides is 1. The Kier molecular flexibility index (Phi) is 5.68. The van der Waals surface area contributed by atoms with Crippen LogP contribution in [0, 0.1) is 0 Å². The molecule has 1 aromatic heterocycles. The lowest BCUT2D eigenvalue weighted by molar-refractivity contribution is -0.122. The average Bonchev–Trinajstić information content (AvgIpc) is 2.63. The number of aromatic amines is 1. The van der Waals surface area contributed by atoms with Crippen LogP contribution in [-0.2, 0) is 11.3 Å². The van der Waals surface area contributed by atoms with E-state index in [0.717, 1.165) is 10.2 Å². The third kappa shape index (κ3) is 4.23. The molecule has 0 spiro atoms. The Labute approximate surface area is 164 Å². The van der Waals surface area contributed by atoms with Gasteiger partial charge in [0.15, 0.2) is 0 Å². The molecule has 0 fully saturated rings. The largest absolute Gasteiger partial charge is 0.349 e. The lowest BCUT2D eigenvalue weighted by Gasteiger charge is -2.16. The lowest BCUT2D eigenvalue weighted by atomic mass is 10.1. The van der Waals surface area contributed by atoms with Crippen LogP contribution in [0.1, 0.15) is 24.9 Å². The number of aromatic nitrogens is 2. The maximum atomic E-state index is 12.4. The number of halogens is 2. The summed E-state index contributed by atoms with van der Waals surface area (Å²) >= 11 is 12.0. The summed E-state index contributed by atoms with van der Waals surface area (Å²) in [5.74, 6) is -0.269. The van der Waals surface area contributed by atoms with Crippen molar-refractivity contribution in [2.45, 2.75) is 25.9 Å². The standard InChI is InChI=1S/C19H17Cl2N3O3/c1-11(13-7-6-12(20)10-16(13)21)22-17(25)8-9-24-19(27)15-5-3-2-4-14(15)18(26)23-24/h2-7,10-11H,8-9H2,1H3,(H,22,25)(H,23,26). The van der Waals surface area contributed by atoms with Gasteiger partial charge in [0.2, 0.25) is 5.91 Å². The first-order valence-corrected chi connectivity index (χ1v) is 9.08. The molecule has 3 aromatic rings. The molecule has 140 valence electrons. The van der Waals surface area contributed by atoms with Crippen LogP contribution in [0.15, 0.2) is 52.1 Å². The van der Waals surface area contributed by atoms with Gasteiger partial charge in [0.1, 0.15) is 0 Å². The van der Waals surface area contributed by atoms with Crippen molar-refractivity contribution >= 4 is 39.9 Å². The molecular weight excluding hydrogens is 389 g/mol. The van der Waals surface area contributed by atoms with E-state index in [0.29, 0.717) is 20.8 Å². The van der Waals surface area contributed by atoms with Crippen molar-refractivity contribution < 1.29 is 4.79 Å². The molecule has 27 heavy (non-hydrogen) atoms. The number of hydrogen-bond donors (Lipinski definition) is 2. The molecule has 0 bridgehead atoms. The summed E-state index contributed by atoms with van der Waals surface area (Å²) < 4.78 is 1.16. The lowest BCUT2D eigenvalue weighted by Crippen LogP contribution is -2.33. The fourth-order valence-corrected chi connectivity index (χ4v) is 3.43. The van der Waals surface area contributed by atoms with Crippen molar-refractivity contribution in [2.24, 2.45) is 0 Å². The minimum absolute atomic E-state index is 0.0315. The zero-order chi connectivity index (χ0) is 19.6. The summed E-state index contributed by atoms with van der Waals surface area (Å²) in [6.07, 6.45) is 0.0315. The molecule has 1 heterocycles. The van der Waals surface area contributed by atoms with Gasteiger partial charge in [-0.1, -0.05) is 41.4 Å². The van der Waals surface area contributed by atoms with Gasteiger partial charge in [0.05, 0.1) is 23.4 Å². The number of H-pyrrole nitrogens is 1. The van der Waals surface area contributed by atoms with Gasteiger partial charge < -0.3 is 5.32 Å². The van der Waals surface area contributed by atoms with E-state index in [1.165, 1.54) is 0 Å². The zero-order valence-corrected chi connectivity index (χ0v) is 16.0. The monoisotopic (exact) mass is 405 g/mol. The fourth-order valence-electron chi connectivity index (χ4n) is 2.86. The Morgan fingerprint density at radius 2 is 1.85 bits per heavy atom. The van der Waals surface area contributed by atoms with Crippen LogP contribution in [0.3, 0.4) is 0 Å². The van der Waals surface area contributed by atoms with Gasteiger partial charge in [0.25, 0.3) is 11.1 Å². The summed E-state index contributed by atoms with van der Waals surface area (Å²) in [5, 5.41) is 6.96. The Morgan fingerprint density at radius 3 is 2.56 bits per heavy atom. The molecule has 6 nitrogen and oxygen atoms in total. The predicted molar refractivity (Wildman–Crippen MR) is 106 cm³/mol. The van der Waals surface area contributed by atoms with Gasteiger partial charge >= 0.3 is 0 Å². The third-order valence-electron chi connectivity index (χ3n) is 4.25. The van der Waals surface area contributed by atoms with Crippen molar-refractivity contribution in [1.82, 2.24) is 15.1 Å². The highest BCUT2D eigenvalue weighted by Crippen LogP contribution is 2.26. The molecule has 0 saturated heterocycles. The summed E-state index contributed by atoms with van der Waals surface area (Å²) in [6.45, 7) is 1.86. The molecule has 0 radical (unpaired) electrons. The van der Waals surface area contributed by atoms with Crippen molar-refractivity contribution in [3.05, 3.63) is 78.8 Å². The molecule has 2 N–H and O–H groups in total. The second-order valence-electron chi connectivity index (χ2n) is 6.15. The Bertz CT molecular complexity index is 1120. The number of carbonyl (C=O) groups is 1. The molecular formula is C19H17Cl2N3O3. The predicted octanol–water partition coefficient (Wildman–Crippen LogP) is 3.26. The number of fused-ring (bicyclic) bond motifs is 1. The van der Waals surface area contributed by atoms with E-state index >= 15 is 0 Å². The van der Waals surface area contributed by atoms with Crippen LogP contribution in [0.4, 0.5) is 0 Å². The van der Waals surface area contributed by atoms with Gasteiger partial charge in [-0.15, -0.1) is 0 Å². The van der Waals surface area contributed by atoms with Crippen LogP contribution in [0.25, 0.3) is 10.8 Å². The molecule has 1 amide bonds. The first-order valence-electron chi connectivity index (χ1n) is 8.33. The second-order valence-corrected chi connectivity index (χ2v) is 6.99. The van der Waals surface area contributed by atoms with E-state index < -0.39 is 0 Å². The maximum absolute atomic E-state index is 12.4. The SMILES string of the molecule is CC(NC(=O)CCn1[nH]c(=O)c2ccccc2c1=O)c1ccc(Cl)cc1Cl. The van der Waals surface area contributed by atoms with E-state index in [9.17, 15) is 14.4 Å². The quantitative estimate of drug-likeness (QED) is 0.682. The number of nitrogens with zero attached hydrogens (tertiary/aromatic N) is 1. The number of hydrogen-bond acceptors (Lipinski definition) is 3. The zero-order valence-electron chi connectivity index (χ0n) is 14.5. The average molecular weight is 406 g/mol. The number of nitrogens with one attached hydrogen (secondary N) is 2. The van der Waals surface area contributed by atoms with Crippen LogP contribution < -0.4 is 16.4 Å². The molecule has 8 heteroatoms. The Hall–Kier alpha value is -2.57. The van der Waals surface area contributed by atoms with Gasteiger partial charge in [0, 0.05) is 16.5 Å². The Morgan fingerprint density at radius 1 is 1.15 bits per heavy atom. The molecule has 0 aliphatic rings. The second kappa shape index (κ2) is 7.98. The van der Waals surface area contributed by atoms with E-state index in [-0.39, 0.29) is 36.0 Å². The van der Waals surface area contributed by atoms with Crippen LogP contribution in [0.2, 0.25) is 10.0 Å². The van der Waals surface area contributed by atoms with Crippen molar-refractivity contribution in [3.8, 4) is 0 Å². The summed E-state index contributed by atoms with van der Waals surface area (Å²) in [7, 11) is 0. The minimum atomic E-state index is -0.369. The van der Waals surface area contributed by atoms with Crippen LogP contribution in [-0.4, -0.2) is 15.7 Å². The van der Waals surface area contributed by atoms with E-state index in [2.05, 4.69) is 10.4 Å². The van der Waals surface area contributed by atoms with E-state index in [4.69, 9.17) is 23.2 Å². The van der Waals surface area contributed by atoms with Gasteiger partial charge in [-0.2, -0.15) is 0 Å². The van der Waals surface area contributed by atoms with Crippen molar-refractivity contribution in [2.75, 3.05) is 0 Å². The number of carbonyl (C=O) groups excluding carboxylic acids is 1. The van der Waals surface area contributed by atoms with Crippen LogP contribution in [0.5, 0.6) is 0 Å². The van der Waals surface area contributed by atoms with E-state index in [1.54, 1.807) is 49.4 Å². The highest BCUT2D eigenvalue weighted by molar-refractivity contribution is 6.35. The molecule has 0 aliphatic heterocycles. The molecule has 0 aliphatic carbocycles. The van der Waals surface area contributed by atoms with Gasteiger partial charge in [-0.05, 0) is 36.8 Å². The van der Waals surface area contributed by atoms with Crippen LogP contribution >= 0.6 is 23.2 Å². The number of rotatable bonds is 5. The normalized spacial score (nSPS) is 12.1. The molecule has 1 unspecified atom stereocenters. The Balaban J connectivity index is 1.71. The third-order valence-corrected chi connectivity index (χ3v) is 4.82. The van der Waals surface area contributed by atoms with Crippen molar-refractivity contribution in [1.29, 1.82) is 0 Å². The summed E-state index contributed by atoms with van der Waals surface area (Å²) in [5.41, 5.74) is 0.0319. The summed E-state index contributed by atoms with van der Waals surface area (Å²) in [6, 6.07) is 11.3.